The number of fused-ring (bicyclic) bond motifs is 2. The van der Waals surface area contributed by atoms with Crippen LogP contribution in [0.4, 0.5) is 5.82 Å². The van der Waals surface area contributed by atoms with E-state index in [-0.39, 0.29) is 0 Å². The fourth-order valence-electron chi connectivity index (χ4n) is 3.30. The highest BCUT2D eigenvalue weighted by Crippen LogP contribution is 2.23. The molecule has 0 unspecified atom stereocenters. The molecule has 1 N–H and O–H groups in total. The number of nitrogens with zero attached hydrogens (tertiary/aromatic N) is 5. The summed E-state index contributed by atoms with van der Waals surface area (Å²) in [6, 6.07) is 0. The molecule has 1 aliphatic carbocycles. The van der Waals surface area contributed by atoms with Crippen LogP contribution >= 0.6 is 0 Å². The molecule has 124 valence electrons. The van der Waals surface area contributed by atoms with Crippen LogP contribution in [0.5, 0.6) is 0 Å². The van der Waals surface area contributed by atoms with Gasteiger partial charge in [-0.05, 0) is 45.1 Å². The van der Waals surface area contributed by atoms with Crippen LogP contribution in [0.15, 0.2) is 10.9 Å². The second-order valence-corrected chi connectivity index (χ2v) is 6.20. The molecule has 7 nitrogen and oxygen atoms in total. The lowest BCUT2D eigenvalue weighted by atomic mass is 9.95. The van der Waals surface area contributed by atoms with Gasteiger partial charge in [0, 0.05) is 24.4 Å². The van der Waals surface area contributed by atoms with Gasteiger partial charge in [0.05, 0.1) is 5.69 Å². The number of aromatic nitrogens is 5. The number of hydrogen-bond acceptors (Lipinski definition) is 7. The van der Waals surface area contributed by atoms with E-state index >= 15 is 0 Å². The van der Waals surface area contributed by atoms with Crippen molar-refractivity contribution in [1.29, 1.82) is 0 Å². The van der Waals surface area contributed by atoms with Crippen LogP contribution in [-0.2, 0) is 19.3 Å². The van der Waals surface area contributed by atoms with Gasteiger partial charge >= 0.3 is 0 Å². The molecule has 24 heavy (non-hydrogen) atoms. The van der Waals surface area contributed by atoms with Gasteiger partial charge in [-0.25, -0.2) is 15.0 Å². The van der Waals surface area contributed by atoms with Crippen LogP contribution in [0.3, 0.4) is 0 Å². The van der Waals surface area contributed by atoms with Gasteiger partial charge in [-0.2, -0.15) is 4.98 Å². The van der Waals surface area contributed by atoms with Crippen molar-refractivity contribution in [3.8, 4) is 0 Å². The van der Waals surface area contributed by atoms with Crippen LogP contribution < -0.4 is 5.32 Å². The third kappa shape index (κ3) is 2.70. The van der Waals surface area contributed by atoms with E-state index in [4.69, 9.17) is 9.51 Å². The topological polar surface area (TPSA) is 89.6 Å². The van der Waals surface area contributed by atoms with Gasteiger partial charge < -0.3 is 9.84 Å². The maximum atomic E-state index is 5.17. The zero-order valence-electron chi connectivity index (χ0n) is 14.0. The number of anilines is 1. The molecular weight excluding hydrogens is 304 g/mol. The zero-order valence-corrected chi connectivity index (χ0v) is 14.0. The van der Waals surface area contributed by atoms with Gasteiger partial charge in [0.1, 0.15) is 23.4 Å². The SMILES string of the molecule is Cc1nc(CCNc2ncnc3onc(C)c23)nc2c1CCCC2. The number of hydrogen-bond donors (Lipinski definition) is 1. The molecule has 7 heteroatoms. The number of nitrogens with one attached hydrogen (secondary N) is 1. The molecule has 0 fully saturated rings. The van der Waals surface area contributed by atoms with Crippen molar-refractivity contribution in [1.82, 2.24) is 25.1 Å². The van der Waals surface area contributed by atoms with Crippen molar-refractivity contribution < 1.29 is 4.52 Å². The van der Waals surface area contributed by atoms with E-state index in [1.165, 1.54) is 30.4 Å². The normalized spacial score (nSPS) is 13.9. The van der Waals surface area contributed by atoms with Crippen LogP contribution in [0.25, 0.3) is 11.1 Å². The first-order valence-corrected chi connectivity index (χ1v) is 8.38. The Bertz CT molecular complexity index is 888. The first-order chi connectivity index (χ1) is 11.7. The van der Waals surface area contributed by atoms with Crippen molar-refractivity contribution in [2.45, 2.75) is 46.0 Å². The Hall–Kier alpha value is -2.57. The molecule has 0 spiro atoms. The Morgan fingerprint density at radius 2 is 1.96 bits per heavy atom. The van der Waals surface area contributed by atoms with Gasteiger partial charge in [-0.15, -0.1) is 0 Å². The van der Waals surface area contributed by atoms with Gasteiger partial charge in [0.25, 0.3) is 5.71 Å². The smallest absolute Gasteiger partial charge is 0.263 e. The summed E-state index contributed by atoms with van der Waals surface area (Å²) in [6.45, 7) is 4.68. The molecular formula is C17H20N6O. The molecule has 0 atom stereocenters. The minimum absolute atomic E-state index is 0.505. The molecule has 0 aromatic carbocycles. The van der Waals surface area contributed by atoms with E-state index in [1.54, 1.807) is 0 Å². The summed E-state index contributed by atoms with van der Waals surface area (Å²) >= 11 is 0. The Morgan fingerprint density at radius 1 is 1.08 bits per heavy atom. The Kier molecular flexibility index (Phi) is 3.84. The zero-order chi connectivity index (χ0) is 16.5. The van der Waals surface area contributed by atoms with Crippen molar-refractivity contribution >= 4 is 16.9 Å². The van der Waals surface area contributed by atoms with E-state index in [2.05, 4.69) is 32.3 Å². The molecule has 0 saturated carbocycles. The third-order valence-electron chi connectivity index (χ3n) is 4.52. The van der Waals surface area contributed by atoms with E-state index in [0.29, 0.717) is 12.3 Å². The van der Waals surface area contributed by atoms with E-state index in [9.17, 15) is 0 Å². The molecule has 0 radical (unpaired) electrons. The summed E-state index contributed by atoms with van der Waals surface area (Å²) in [5, 5.41) is 8.11. The van der Waals surface area contributed by atoms with Gasteiger partial charge in [-0.3, -0.25) is 0 Å². The third-order valence-corrected chi connectivity index (χ3v) is 4.52. The largest absolute Gasteiger partial charge is 0.369 e. The predicted molar refractivity (Wildman–Crippen MR) is 89.9 cm³/mol. The molecule has 0 saturated heterocycles. The summed E-state index contributed by atoms with van der Waals surface area (Å²) in [5.74, 6) is 1.64. The van der Waals surface area contributed by atoms with Crippen molar-refractivity contribution in [2.24, 2.45) is 0 Å². The highest BCUT2D eigenvalue weighted by Gasteiger charge is 2.16. The molecule has 1 aliphatic rings. The van der Waals surface area contributed by atoms with Gasteiger partial charge in [0.2, 0.25) is 0 Å². The van der Waals surface area contributed by atoms with Gasteiger partial charge in [-0.1, -0.05) is 5.16 Å². The molecule has 4 rings (SSSR count). The second-order valence-electron chi connectivity index (χ2n) is 6.20. The van der Waals surface area contributed by atoms with Crippen LogP contribution in [0.1, 0.15) is 41.3 Å². The Balaban J connectivity index is 1.49. The quantitative estimate of drug-likeness (QED) is 0.788. The van der Waals surface area contributed by atoms with Crippen molar-refractivity contribution in [2.75, 3.05) is 11.9 Å². The highest BCUT2D eigenvalue weighted by atomic mass is 16.5. The summed E-state index contributed by atoms with van der Waals surface area (Å²) in [5.41, 5.74) is 5.02. The van der Waals surface area contributed by atoms with Gasteiger partial charge in [0.15, 0.2) is 0 Å². The van der Waals surface area contributed by atoms with E-state index in [1.807, 2.05) is 6.92 Å². The average molecular weight is 324 g/mol. The average Bonchev–Trinajstić information content (AvgIpc) is 2.97. The van der Waals surface area contributed by atoms with E-state index < -0.39 is 0 Å². The maximum Gasteiger partial charge on any atom is 0.263 e. The fourth-order valence-corrected chi connectivity index (χ4v) is 3.30. The molecule has 0 amide bonds. The van der Waals surface area contributed by atoms with Crippen LogP contribution in [0.2, 0.25) is 0 Å². The number of rotatable bonds is 4. The van der Waals surface area contributed by atoms with Crippen molar-refractivity contribution in [3.63, 3.8) is 0 Å². The lowest BCUT2D eigenvalue weighted by molar-refractivity contribution is 0.442. The minimum Gasteiger partial charge on any atom is -0.369 e. The summed E-state index contributed by atoms with van der Waals surface area (Å²) in [7, 11) is 0. The molecule has 3 aromatic rings. The molecule has 3 aromatic heterocycles. The first-order valence-electron chi connectivity index (χ1n) is 8.38. The van der Waals surface area contributed by atoms with E-state index in [0.717, 1.165) is 47.7 Å². The number of aryl methyl sites for hydroxylation is 3. The molecule has 0 aliphatic heterocycles. The lowest BCUT2D eigenvalue weighted by Gasteiger charge is -2.17. The monoisotopic (exact) mass is 324 g/mol. The standard InChI is InChI=1S/C17H20N6O/c1-10-12-5-3-4-6-13(12)22-14(21-10)7-8-18-16-15-11(2)23-24-17(15)20-9-19-16/h9H,3-8H2,1-2H3,(H,18,19,20). The minimum atomic E-state index is 0.505. The summed E-state index contributed by atoms with van der Waals surface area (Å²) < 4.78 is 5.17. The highest BCUT2D eigenvalue weighted by molar-refractivity contribution is 5.87. The summed E-state index contributed by atoms with van der Waals surface area (Å²) in [6.07, 6.45) is 6.91. The molecule has 3 heterocycles. The van der Waals surface area contributed by atoms with Crippen molar-refractivity contribution in [3.05, 3.63) is 34.8 Å². The Morgan fingerprint density at radius 3 is 2.88 bits per heavy atom. The van der Waals surface area contributed by atoms with Crippen LogP contribution in [0, 0.1) is 13.8 Å². The Labute approximate surface area is 139 Å². The fraction of sp³-hybridized carbons (Fsp3) is 0.471. The second kappa shape index (κ2) is 6.14. The first kappa shape index (κ1) is 15.0. The molecule has 0 bridgehead atoms. The van der Waals surface area contributed by atoms with Crippen LogP contribution in [-0.4, -0.2) is 31.6 Å². The maximum absolute atomic E-state index is 5.17. The summed E-state index contributed by atoms with van der Waals surface area (Å²) in [4.78, 5) is 17.8. The predicted octanol–water partition coefficient (Wildman–Crippen LogP) is 2.56. The lowest BCUT2D eigenvalue weighted by Crippen LogP contribution is -2.15.